The van der Waals surface area contributed by atoms with Crippen molar-refractivity contribution in [3.05, 3.63) is 65.7 Å². The van der Waals surface area contributed by atoms with Crippen LogP contribution < -0.4 is 10.6 Å². The molecule has 2 N–H and O–H groups in total. The molecule has 126 valence electrons. The molecule has 3 amide bonds. The summed E-state index contributed by atoms with van der Waals surface area (Å²) in [5.41, 5.74) is 2.30. The number of rotatable bonds is 5. The number of hydrogen-bond acceptors (Lipinski definition) is 2. The maximum Gasteiger partial charge on any atom is 0.319 e. The maximum atomic E-state index is 12.0. The van der Waals surface area contributed by atoms with E-state index in [1.807, 2.05) is 30.3 Å². The number of urea groups is 1. The lowest BCUT2D eigenvalue weighted by atomic mass is 10.0. The molecule has 0 saturated heterocycles. The first-order valence-corrected chi connectivity index (χ1v) is 7.89. The minimum absolute atomic E-state index is 0.100. The zero-order valence-electron chi connectivity index (χ0n) is 14.2. The van der Waals surface area contributed by atoms with Crippen LogP contribution >= 0.6 is 0 Å². The zero-order valence-corrected chi connectivity index (χ0v) is 14.2. The molecule has 0 unspecified atom stereocenters. The van der Waals surface area contributed by atoms with E-state index in [1.54, 1.807) is 38.4 Å². The van der Waals surface area contributed by atoms with Gasteiger partial charge in [0.15, 0.2) is 0 Å². The van der Waals surface area contributed by atoms with E-state index in [9.17, 15) is 9.59 Å². The van der Waals surface area contributed by atoms with Crippen LogP contribution in [0, 0.1) is 0 Å². The molecule has 0 aliphatic carbocycles. The second-order valence-electron chi connectivity index (χ2n) is 5.93. The fourth-order valence-corrected chi connectivity index (χ4v) is 2.31. The normalized spacial score (nSPS) is 11.5. The van der Waals surface area contributed by atoms with Crippen molar-refractivity contribution < 1.29 is 9.59 Å². The first kappa shape index (κ1) is 17.5. The van der Waals surface area contributed by atoms with Crippen molar-refractivity contribution in [2.45, 2.75) is 12.8 Å². The summed E-state index contributed by atoms with van der Waals surface area (Å²) < 4.78 is 0. The number of nitrogens with zero attached hydrogens (tertiary/aromatic N) is 1. The van der Waals surface area contributed by atoms with Crippen LogP contribution in [0.1, 0.15) is 28.8 Å². The van der Waals surface area contributed by atoms with Crippen molar-refractivity contribution in [2.24, 2.45) is 0 Å². The van der Waals surface area contributed by atoms with Crippen molar-refractivity contribution in [3.63, 3.8) is 0 Å². The minimum atomic E-state index is -0.285. The lowest BCUT2D eigenvalue weighted by molar-refractivity contribution is 0.0827. The summed E-state index contributed by atoms with van der Waals surface area (Å²) in [4.78, 5) is 25.5. The molecular formula is C19H23N3O2. The monoisotopic (exact) mass is 325 g/mol. The Hall–Kier alpha value is -2.82. The van der Waals surface area contributed by atoms with E-state index in [2.05, 4.69) is 17.6 Å². The van der Waals surface area contributed by atoms with Gasteiger partial charge < -0.3 is 15.5 Å². The predicted octanol–water partition coefficient (Wildman–Crippen LogP) is 3.31. The van der Waals surface area contributed by atoms with E-state index in [1.165, 1.54) is 10.5 Å². The summed E-state index contributed by atoms with van der Waals surface area (Å²) in [6, 6.07) is 16.6. The summed E-state index contributed by atoms with van der Waals surface area (Å²) in [7, 11) is 3.39. The number of anilines is 1. The van der Waals surface area contributed by atoms with Gasteiger partial charge in [0.25, 0.3) is 5.91 Å². The first-order valence-electron chi connectivity index (χ1n) is 7.89. The molecule has 2 aromatic rings. The molecule has 0 bridgehead atoms. The highest BCUT2D eigenvalue weighted by Crippen LogP contribution is 2.14. The topological polar surface area (TPSA) is 61.4 Å². The number of hydrogen-bond donors (Lipinski definition) is 2. The van der Waals surface area contributed by atoms with E-state index >= 15 is 0 Å². The molecular weight excluding hydrogens is 302 g/mol. The summed E-state index contributed by atoms with van der Waals surface area (Å²) in [5, 5.41) is 5.62. The average molecular weight is 325 g/mol. The van der Waals surface area contributed by atoms with Crippen LogP contribution in [0.5, 0.6) is 0 Å². The second kappa shape index (κ2) is 8.15. The highest BCUT2D eigenvalue weighted by Gasteiger charge is 2.10. The molecule has 0 radical (unpaired) electrons. The highest BCUT2D eigenvalue weighted by atomic mass is 16.2. The van der Waals surface area contributed by atoms with Gasteiger partial charge in [-0.3, -0.25) is 4.79 Å². The Labute approximate surface area is 142 Å². The molecule has 0 aromatic heterocycles. The molecule has 1 atom stereocenters. The fraction of sp³-hybridized carbons (Fsp3) is 0.263. The number of carbonyl (C=O) groups is 2. The van der Waals surface area contributed by atoms with Crippen molar-refractivity contribution >= 4 is 17.6 Å². The Morgan fingerprint density at radius 2 is 1.75 bits per heavy atom. The molecule has 0 saturated carbocycles. The van der Waals surface area contributed by atoms with Gasteiger partial charge in [-0.1, -0.05) is 43.3 Å². The van der Waals surface area contributed by atoms with E-state index in [-0.39, 0.29) is 17.9 Å². The van der Waals surface area contributed by atoms with Crippen molar-refractivity contribution in [2.75, 3.05) is 26.0 Å². The third kappa shape index (κ3) is 4.84. The van der Waals surface area contributed by atoms with E-state index in [4.69, 9.17) is 0 Å². The summed E-state index contributed by atoms with van der Waals surface area (Å²) in [6.07, 6.45) is 0. The molecule has 0 heterocycles. The Balaban J connectivity index is 1.91. The standard InChI is InChI=1S/C19H23N3O2/c1-14(15-8-5-4-6-9-15)13-20-19(24)21-17-11-7-10-16(12-17)18(23)22(2)3/h4-12,14H,13H2,1-3H3,(H2,20,21,24)/t14-/m0/s1. The largest absolute Gasteiger partial charge is 0.345 e. The zero-order chi connectivity index (χ0) is 17.5. The summed E-state index contributed by atoms with van der Waals surface area (Å²) in [6.45, 7) is 2.60. The van der Waals surface area contributed by atoms with Crippen molar-refractivity contribution in [1.82, 2.24) is 10.2 Å². The van der Waals surface area contributed by atoms with Crippen LogP contribution in [-0.4, -0.2) is 37.5 Å². The lowest BCUT2D eigenvalue weighted by Crippen LogP contribution is -2.31. The molecule has 2 aromatic carbocycles. The van der Waals surface area contributed by atoms with Gasteiger partial charge in [0.1, 0.15) is 0 Å². The smallest absolute Gasteiger partial charge is 0.319 e. The molecule has 0 aliphatic rings. The predicted molar refractivity (Wildman–Crippen MR) is 96.3 cm³/mol. The summed E-state index contributed by atoms with van der Waals surface area (Å²) in [5.74, 6) is 0.121. The third-order valence-corrected chi connectivity index (χ3v) is 3.71. The van der Waals surface area contributed by atoms with E-state index in [0.29, 0.717) is 17.8 Å². The fourth-order valence-electron chi connectivity index (χ4n) is 2.31. The van der Waals surface area contributed by atoms with E-state index in [0.717, 1.165) is 0 Å². The Morgan fingerprint density at radius 3 is 2.42 bits per heavy atom. The summed E-state index contributed by atoms with van der Waals surface area (Å²) >= 11 is 0. The van der Waals surface area contributed by atoms with E-state index < -0.39 is 0 Å². The number of benzene rings is 2. The Morgan fingerprint density at radius 1 is 1.04 bits per heavy atom. The van der Waals surface area contributed by atoms with Crippen LogP contribution in [0.2, 0.25) is 0 Å². The van der Waals surface area contributed by atoms with Gasteiger partial charge in [-0.2, -0.15) is 0 Å². The highest BCUT2D eigenvalue weighted by molar-refractivity contribution is 5.96. The SMILES string of the molecule is C[C@@H](CNC(=O)Nc1cccc(C(=O)N(C)C)c1)c1ccccc1. The maximum absolute atomic E-state index is 12.0. The third-order valence-electron chi connectivity index (χ3n) is 3.71. The number of carbonyl (C=O) groups excluding carboxylic acids is 2. The average Bonchev–Trinajstić information content (AvgIpc) is 2.60. The second-order valence-corrected chi connectivity index (χ2v) is 5.93. The van der Waals surface area contributed by atoms with Crippen molar-refractivity contribution in [1.29, 1.82) is 0 Å². The molecule has 0 aliphatic heterocycles. The van der Waals surface area contributed by atoms with Gasteiger partial charge in [-0.05, 0) is 29.7 Å². The van der Waals surface area contributed by atoms with Gasteiger partial charge in [0.05, 0.1) is 0 Å². The molecule has 5 nitrogen and oxygen atoms in total. The van der Waals surface area contributed by atoms with Crippen molar-refractivity contribution in [3.8, 4) is 0 Å². The van der Waals surface area contributed by atoms with Crippen LogP contribution in [0.4, 0.5) is 10.5 Å². The molecule has 2 rings (SSSR count). The van der Waals surface area contributed by atoms with Crippen LogP contribution in [0.15, 0.2) is 54.6 Å². The number of amides is 3. The number of nitrogens with one attached hydrogen (secondary N) is 2. The molecule has 0 fully saturated rings. The quantitative estimate of drug-likeness (QED) is 0.886. The molecule has 5 heteroatoms. The van der Waals surface area contributed by atoms with Gasteiger partial charge in [0, 0.05) is 31.9 Å². The van der Waals surface area contributed by atoms with Gasteiger partial charge in [-0.25, -0.2) is 4.79 Å². The Kier molecular flexibility index (Phi) is 5.95. The van der Waals surface area contributed by atoms with Crippen LogP contribution in [0.3, 0.4) is 0 Å². The molecule has 0 spiro atoms. The van der Waals surface area contributed by atoms with Gasteiger partial charge >= 0.3 is 6.03 Å². The first-order chi connectivity index (χ1) is 11.5. The minimum Gasteiger partial charge on any atom is -0.345 e. The van der Waals surface area contributed by atoms with Crippen LogP contribution in [0.25, 0.3) is 0 Å². The lowest BCUT2D eigenvalue weighted by Gasteiger charge is -2.14. The Bertz CT molecular complexity index is 699. The molecule has 24 heavy (non-hydrogen) atoms. The van der Waals surface area contributed by atoms with Crippen LogP contribution in [-0.2, 0) is 0 Å². The van der Waals surface area contributed by atoms with Gasteiger partial charge in [0.2, 0.25) is 0 Å². The van der Waals surface area contributed by atoms with Gasteiger partial charge in [-0.15, -0.1) is 0 Å².